The lowest BCUT2D eigenvalue weighted by molar-refractivity contribution is -0.123. The highest BCUT2D eigenvalue weighted by Gasteiger charge is 2.30. The SMILES string of the molecule is Cc1ccc(C2O/C(=C/C#N)NC2=O)cc1. The molecule has 0 spiro atoms. The summed E-state index contributed by atoms with van der Waals surface area (Å²) in [5.41, 5.74) is 1.90. The molecule has 1 unspecified atom stereocenters. The van der Waals surface area contributed by atoms with Crippen LogP contribution in [0, 0.1) is 18.3 Å². The van der Waals surface area contributed by atoms with Crippen molar-refractivity contribution in [1.82, 2.24) is 5.32 Å². The van der Waals surface area contributed by atoms with Gasteiger partial charge in [-0.3, -0.25) is 10.1 Å². The Hall–Kier alpha value is -2.28. The molecule has 0 aromatic heterocycles. The molecule has 1 atom stereocenters. The van der Waals surface area contributed by atoms with Gasteiger partial charge >= 0.3 is 0 Å². The summed E-state index contributed by atoms with van der Waals surface area (Å²) in [5.74, 6) is -0.0385. The summed E-state index contributed by atoms with van der Waals surface area (Å²) in [7, 11) is 0. The predicted octanol–water partition coefficient (Wildman–Crippen LogP) is 1.55. The van der Waals surface area contributed by atoms with Crippen molar-refractivity contribution in [2.75, 3.05) is 0 Å². The van der Waals surface area contributed by atoms with Crippen molar-refractivity contribution in [1.29, 1.82) is 5.26 Å². The van der Waals surface area contributed by atoms with Crippen LogP contribution in [0.5, 0.6) is 0 Å². The first-order valence-corrected chi connectivity index (χ1v) is 4.84. The van der Waals surface area contributed by atoms with Gasteiger partial charge < -0.3 is 4.74 Å². The third kappa shape index (κ3) is 1.89. The fourth-order valence-electron chi connectivity index (χ4n) is 1.49. The summed E-state index contributed by atoms with van der Waals surface area (Å²) >= 11 is 0. The number of ether oxygens (including phenoxy) is 1. The van der Waals surface area contributed by atoms with Crippen LogP contribution in [0.1, 0.15) is 17.2 Å². The van der Waals surface area contributed by atoms with E-state index in [0.29, 0.717) is 0 Å². The van der Waals surface area contributed by atoms with Crippen LogP contribution in [0.25, 0.3) is 0 Å². The highest BCUT2D eigenvalue weighted by Crippen LogP contribution is 2.25. The number of nitrogens with zero attached hydrogens (tertiary/aromatic N) is 1. The van der Waals surface area contributed by atoms with Gasteiger partial charge in [0.2, 0.25) is 12.0 Å². The van der Waals surface area contributed by atoms with Gasteiger partial charge in [-0.05, 0) is 6.92 Å². The van der Waals surface area contributed by atoms with Crippen LogP contribution in [-0.4, -0.2) is 5.91 Å². The maximum Gasteiger partial charge on any atom is 0.272 e. The average Bonchev–Trinajstić information content (AvgIpc) is 2.61. The zero-order valence-electron chi connectivity index (χ0n) is 8.73. The molecule has 80 valence electrons. The number of aryl methyl sites for hydroxylation is 1. The molecule has 16 heavy (non-hydrogen) atoms. The van der Waals surface area contributed by atoms with E-state index in [1.165, 1.54) is 6.08 Å². The van der Waals surface area contributed by atoms with E-state index in [9.17, 15) is 4.79 Å². The Labute approximate surface area is 93.1 Å². The molecule has 1 N–H and O–H groups in total. The molecule has 1 heterocycles. The van der Waals surface area contributed by atoms with Crippen LogP contribution >= 0.6 is 0 Å². The van der Waals surface area contributed by atoms with E-state index in [1.54, 1.807) is 0 Å². The minimum atomic E-state index is -0.653. The quantitative estimate of drug-likeness (QED) is 0.721. The largest absolute Gasteiger partial charge is 0.460 e. The smallest absolute Gasteiger partial charge is 0.272 e. The summed E-state index contributed by atoms with van der Waals surface area (Å²) in [6.45, 7) is 1.97. The van der Waals surface area contributed by atoms with Crippen LogP contribution in [0.15, 0.2) is 36.2 Å². The lowest BCUT2D eigenvalue weighted by Gasteiger charge is -2.07. The number of amides is 1. The number of hydrogen-bond donors (Lipinski definition) is 1. The van der Waals surface area contributed by atoms with Crippen molar-refractivity contribution in [2.45, 2.75) is 13.0 Å². The fourth-order valence-corrected chi connectivity index (χ4v) is 1.49. The van der Waals surface area contributed by atoms with Crippen molar-refractivity contribution >= 4 is 5.91 Å². The van der Waals surface area contributed by atoms with E-state index in [2.05, 4.69) is 5.32 Å². The van der Waals surface area contributed by atoms with E-state index in [1.807, 2.05) is 37.3 Å². The first-order valence-electron chi connectivity index (χ1n) is 4.84. The normalized spacial score (nSPS) is 21.4. The molecule has 0 bridgehead atoms. The number of allylic oxidation sites excluding steroid dienone is 1. The number of benzene rings is 1. The predicted molar refractivity (Wildman–Crippen MR) is 56.8 cm³/mol. The van der Waals surface area contributed by atoms with E-state index in [4.69, 9.17) is 10.00 Å². The molecular formula is C12H10N2O2. The Kier molecular flexibility index (Phi) is 2.61. The minimum Gasteiger partial charge on any atom is -0.460 e. The van der Waals surface area contributed by atoms with Gasteiger partial charge in [-0.1, -0.05) is 29.8 Å². The number of carbonyl (C=O) groups excluding carboxylic acids is 1. The highest BCUT2D eigenvalue weighted by atomic mass is 16.5. The molecule has 0 radical (unpaired) electrons. The standard InChI is InChI=1S/C12H10N2O2/c1-8-2-4-9(5-3-8)11-12(15)14-10(16-11)6-7-13/h2-6,11H,1H3,(H,14,15)/b10-6+. The molecule has 0 saturated carbocycles. The summed E-state index contributed by atoms with van der Waals surface area (Å²) in [4.78, 5) is 11.6. The topological polar surface area (TPSA) is 62.1 Å². The number of hydrogen-bond acceptors (Lipinski definition) is 3. The third-order valence-corrected chi connectivity index (χ3v) is 2.31. The highest BCUT2D eigenvalue weighted by molar-refractivity contribution is 5.85. The van der Waals surface area contributed by atoms with Gasteiger partial charge in [-0.2, -0.15) is 5.26 Å². The molecule has 1 aromatic rings. The molecule has 1 amide bonds. The van der Waals surface area contributed by atoms with Gasteiger partial charge in [0.1, 0.15) is 0 Å². The molecule has 1 saturated heterocycles. The van der Waals surface area contributed by atoms with Crippen LogP contribution in [0.4, 0.5) is 0 Å². The second-order valence-electron chi connectivity index (χ2n) is 3.54. The van der Waals surface area contributed by atoms with Crippen LogP contribution in [0.2, 0.25) is 0 Å². The van der Waals surface area contributed by atoms with E-state index < -0.39 is 6.10 Å². The van der Waals surface area contributed by atoms with Gasteiger partial charge in [-0.25, -0.2) is 0 Å². The van der Waals surface area contributed by atoms with Crippen LogP contribution < -0.4 is 5.32 Å². The van der Waals surface area contributed by atoms with E-state index in [-0.39, 0.29) is 11.8 Å². The van der Waals surface area contributed by atoms with Crippen LogP contribution in [0.3, 0.4) is 0 Å². The summed E-state index contributed by atoms with van der Waals surface area (Å²) in [6.07, 6.45) is 0.520. The van der Waals surface area contributed by atoms with E-state index in [0.717, 1.165) is 11.1 Å². The summed E-state index contributed by atoms with van der Waals surface area (Å²) in [5, 5.41) is 10.9. The maximum absolute atomic E-state index is 11.6. The molecule has 1 aliphatic heterocycles. The summed E-state index contributed by atoms with van der Waals surface area (Å²) < 4.78 is 5.32. The second kappa shape index (κ2) is 4.07. The molecule has 1 aromatic carbocycles. The Morgan fingerprint density at radius 3 is 2.75 bits per heavy atom. The Balaban J connectivity index is 2.24. The average molecular weight is 214 g/mol. The second-order valence-corrected chi connectivity index (χ2v) is 3.54. The van der Waals surface area contributed by atoms with Crippen LogP contribution in [-0.2, 0) is 9.53 Å². The molecule has 1 aliphatic rings. The lowest BCUT2D eigenvalue weighted by atomic mass is 10.1. The summed E-state index contributed by atoms with van der Waals surface area (Å²) in [6, 6.07) is 9.32. The molecule has 4 heteroatoms. The number of nitriles is 1. The van der Waals surface area contributed by atoms with Crippen molar-refractivity contribution in [3.8, 4) is 6.07 Å². The van der Waals surface area contributed by atoms with Gasteiger partial charge in [0.25, 0.3) is 5.91 Å². The third-order valence-electron chi connectivity index (χ3n) is 2.31. The fraction of sp³-hybridized carbons (Fsp3) is 0.167. The van der Waals surface area contributed by atoms with E-state index >= 15 is 0 Å². The minimum absolute atomic E-state index is 0.207. The van der Waals surface area contributed by atoms with Crippen molar-refractivity contribution in [3.05, 3.63) is 47.4 Å². The Morgan fingerprint density at radius 2 is 2.12 bits per heavy atom. The van der Waals surface area contributed by atoms with Gasteiger partial charge in [0.05, 0.1) is 12.1 Å². The van der Waals surface area contributed by atoms with Gasteiger partial charge in [-0.15, -0.1) is 0 Å². The Morgan fingerprint density at radius 1 is 1.44 bits per heavy atom. The van der Waals surface area contributed by atoms with Crippen molar-refractivity contribution < 1.29 is 9.53 Å². The molecule has 0 aliphatic carbocycles. The number of carbonyl (C=O) groups is 1. The maximum atomic E-state index is 11.6. The van der Waals surface area contributed by atoms with Gasteiger partial charge in [0, 0.05) is 5.56 Å². The number of rotatable bonds is 1. The lowest BCUT2D eigenvalue weighted by Crippen LogP contribution is -2.17. The Bertz CT molecular complexity index is 483. The molecular weight excluding hydrogens is 204 g/mol. The van der Waals surface area contributed by atoms with Crippen molar-refractivity contribution in [3.63, 3.8) is 0 Å². The molecule has 1 fully saturated rings. The van der Waals surface area contributed by atoms with Crippen molar-refractivity contribution in [2.24, 2.45) is 0 Å². The zero-order chi connectivity index (χ0) is 11.5. The number of nitrogens with one attached hydrogen (secondary N) is 1. The molecule has 2 rings (SSSR count). The first-order chi connectivity index (χ1) is 7.70. The first kappa shape index (κ1) is 10.2. The molecule has 4 nitrogen and oxygen atoms in total. The monoisotopic (exact) mass is 214 g/mol. The zero-order valence-corrected chi connectivity index (χ0v) is 8.73. The van der Waals surface area contributed by atoms with Gasteiger partial charge in [0.15, 0.2) is 0 Å².